The minimum atomic E-state index is -1.88. The van der Waals surface area contributed by atoms with Crippen LogP contribution in [-0.4, -0.2) is 29.2 Å². The van der Waals surface area contributed by atoms with Crippen molar-refractivity contribution in [1.82, 2.24) is 4.98 Å². The Hall–Kier alpha value is -1.32. The van der Waals surface area contributed by atoms with Gasteiger partial charge in [-0.05, 0) is 31.4 Å². The lowest BCUT2D eigenvalue weighted by atomic mass is 9.83. The number of pyridine rings is 1. The Balaban J connectivity index is 1.56. The van der Waals surface area contributed by atoms with Gasteiger partial charge in [0.25, 0.3) is 0 Å². The number of benzene rings is 1. The number of nitrogens with zero attached hydrogens (tertiary/aromatic N) is 1. The number of thioether (sulfide) groups is 1. The van der Waals surface area contributed by atoms with Crippen molar-refractivity contribution in [3.05, 3.63) is 36.4 Å². The zero-order valence-corrected chi connectivity index (χ0v) is 18.4. The van der Waals surface area contributed by atoms with Crippen molar-refractivity contribution in [3.8, 4) is 0 Å². The van der Waals surface area contributed by atoms with Gasteiger partial charge in [-0.1, -0.05) is 68.1 Å². The molecule has 0 N–H and O–H groups in total. The molecule has 0 bridgehead atoms. The van der Waals surface area contributed by atoms with E-state index < -0.39 is 7.80 Å². The SMILES string of the molecule is CCOC(=O)C(CC1CCCCC1)C[PH](=O)CSc1ccc2ccccc2n1. The molecular weight excluding hydrogens is 389 g/mol. The van der Waals surface area contributed by atoms with E-state index in [1.165, 1.54) is 43.9 Å². The molecule has 3 rings (SSSR count). The second-order valence-electron chi connectivity index (χ2n) is 7.56. The summed E-state index contributed by atoms with van der Waals surface area (Å²) in [6, 6.07) is 12.0. The summed E-state index contributed by atoms with van der Waals surface area (Å²) < 4.78 is 18.0. The summed E-state index contributed by atoms with van der Waals surface area (Å²) in [4.78, 5) is 17.0. The van der Waals surface area contributed by atoms with E-state index in [1.54, 1.807) is 0 Å². The third kappa shape index (κ3) is 6.35. The molecular formula is C22H30NO3PS. The molecule has 152 valence electrons. The van der Waals surface area contributed by atoms with Crippen LogP contribution in [-0.2, 0) is 14.1 Å². The molecule has 1 aromatic heterocycles. The summed E-state index contributed by atoms with van der Waals surface area (Å²) in [7, 11) is -1.88. The highest BCUT2D eigenvalue weighted by atomic mass is 32.2. The Morgan fingerprint density at radius 1 is 1.21 bits per heavy atom. The second-order valence-corrected chi connectivity index (χ2v) is 10.9. The number of ether oxygens (including phenoxy) is 1. The van der Waals surface area contributed by atoms with Crippen molar-refractivity contribution < 1.29 is 14.1 Å². The number of fused-ring (bicyclic) bond motifs is 1. The molecule has 2 unspecified atom stereocenters. The van der Waals surface area contributed by atoms with Gasteiger partial charge in [0.15, 0.2) is 0 Å². The molecule has 1 aliphatic carbocycles. The van der Waals surface area contributed by atoms with E-state index in [2.05, 4.69) is 4.98 Å². The Kier molecular flexibility index (Phi) is 8.42. The molecule has 1 heterocycles. The summed E-state index contributed by atoms with van der Waals surface area (Å²) in [5.41, 5.74) is 1.48. The lowest BCUT2D eigenvalue weighted by Crippen LogP contribution is -2.24. The molecule has 1 fully saturated rings. The summed E-state index contributed by atoms with van der Waals surface area (Å²) in [5.74, 6) is 0.188. The summed E-state index contributed by atoms with van der Waals surface area (Å²) in [6.07, 6.45) is 7.46. The van der Waals surface area contributed by atoms with Crippen LogP contribution >= 0.6 is 19.6 Å². The van der Waals surface area contributed by atoms with Crippen LogP contribution in [0.15, 0.2) is 41.4 Å². The van der Waals surface area contributed by atoms with Crippen LogP contribution in [0.1, 0.15) is 45.4 Å². The maximum absolute atomic E-state index is 12.8. The molecule has 2 atom stereocenters. The van der Waals surface area contributed by atoms with Gasteiger partial charge in [-0.15, -0.1) is 0 Å². The van der Waals surface area contributed by atoms with Crippen molar-refractivity contribution in [3.63, 3.8) is 0 Å². The fourth-order valence-electron chi connectivity index (χ4n) is 3.96. The fourth-order valence-corrected chi connectivity index (χ4v) is 6.88. The number of carbonyl (C=O) groups excluding carboxylic acids is 1. The number of carbonyl (C=O) groups is 1. The first-order chi connectivity index (χ1) is 13.7. The highest BCUT2D eigenvalue weighted by Crippen LogP contribution is 2.37. The van der Waals surface area contributed by atoms with E-state index in [4.69, 9.17) is 4.74 Å². The monoisotopic (exact) mass is 419 g/mol. The van der Waals surface area contributed by atoms with Crippen molar-refractivity contribution in [2.24, 2.45) is 11.8 Å². The lowest BCUT2D eigenvalue weighted by molar-refractivity contribution is -0.147. The van der Waals surface area contributed by atoms with Gasteiger partial charge in [0.1, 0.15) is 0 Å². The molecule has 0 amide bonds. The van der Waals surface area contributed by atoms with E-state index in [-0.39, 0.29) is 11.9 Å². The van der Waals surface area contributed by atoms with E-state index in [9.17, 15) is 9.36 Å². The third-order valence-corrected chi connectivity index (χ3v) is 8.73. The van der Waals surface area contributed by atoms with Crippen LogP contribution in [0.25, 0.3) is 10.9 Å². The standard InChI is InChI=1S/C22H30NO3PS/c1-2-26-22(24)19(14-17-8-4-3-5-9-17)15-27(25)16-28-21-13-12-18-10-6-7-11-20(18)23-21/h6-7,10-13,17,19,27H,2-5,8-9,14-16H2,1H3. The van der Waals surface area contributed by atoms with Crippen molar-refractivity contribution in [2.45, 2.75) is 50.5 Å². The predicted octanol–water partition coefficient (Wildman–Crippen LogP) is 5.99. The molecule has 0 radical (unpaired) electrons. The molecule has 28 heavy (non-hydrogen) atoms. The van der Waals surface area contributed by atoms with E-state index in [0.29, 0.717) is 24.2 Å². The van der Waals surface area contributed by atoms with Crippen LogP contribution in [0.5, 0.6) is 0 Å². The van der Waals surface area contributed by atoms with Gasteiger partial charge < -0.3 is 9.30 Å². The minimum Gasteiger partial charge on any atom is -0.466 e. The average molecular weight is 420 g/mol. The van der Waals surface area contributed by atoms with Crippen LogP contribution in [0.3, 0.4) is 0 Å². The Morgan fingerprint density at radius 3 is 2.79 bits per heavy atom. The predicted molar refractivity (Wildman–Crippen MR) is 118 cm³/mol. The molecule has 0 saturated heterocycles. The normalized spacial score (nSPS) is 17.3. The first-order valence-electron chi connectivity index (χ1n) is 10.3. The maximum atomic E-state index is 12.8. The summed E-state index contributed by atoms with van der Waals surface area (Å²) >= 11 is 1.53. The van der Waals surface area contributed by atoms with E-state index >= 15 is 0 Å². The van der Waals surface area contributed by atoms with Gasteiger partial charge in [-0.25, -0.2) is 4.98 Å². The first kappa shape index (κ1) is 21.4. The highest BCUT2D eigenvalue weighted by molar-refractivity contribution is 8.03. The van der Waals surface area contributed by atoms with Gasteiger partial charge in [-0.2, -0.15) is 0 Å². The number of para-hydroxylation sites is 1. The topological polar surface area (TPSA) is 56.3 Å². The van der Waals surface area contributed by atoms with Gasteiger partial charge in [0, 0.05) is 11.5 Å². The minimum absolute atomic E-state index is 0.166. The molecule has 0 aliphatic heterocycles. The molecule has 6 heteroatoms. The fraction of sp³-hybridized carbons (Fsp3) is 0.545. The highest BCUT2D eigenvalue weighted by Gasteiger charge is 2.27. The van der Waals surface area contributed by atoms with Gasteiger partial charge >= 0.3 is 5.97 Å². The summed E-state index contributed by atoms with van der Waals surface area (Å²) in [5, 5.41) is 1.99. The van der Waals surface area contributed by atoms with Crippen molar-refractivity contribution in [2.75, 3.05) is 18.3 Å². The lowest BCUT2D eigenvalue weighted by Gasteiger charge is -2.25. The molecule has 0 spiro atoms. The first-order valence-corrected chi connectivity index (χ1v) is 13.1. The van der Waals surface area contributed by atoms with E-state index in [0.717, 1.165) is 22.3 Å². The van der Waals surface area contributed by atoms with Crippen LogP contribution in [0, 0.1) is 11.8 Å². The Morgan fingerprint density at radius 2 is 2.00 bits per heavy atom. The Bertz CT molecular complexity index is 807. The summed E-state index contributed by atoms with van der Waals surface area (Å²) in [6.45, 7) is 2.22. The Labute approximate surface area is 172 Å². The number of hydrogen-bond acceptors (Lipinski definition) is 5. The van der Waals surface area contributed by atoms with Crippen LogP contribution in [0.2, 0.25) is 0 Å². The largest absolute Gasteiger partial charge is 0.466 e. The van der Waals surface area contributed by atoms with Crippen LogP contribution in [0.4, 0.5) is 0 Å². The van der Waals surface area contributed by atoms with Gasteiger partial charge in [0.05, 0.1) is 36.4 Å². The molecule has 1 saturated carbocycles. The van der Waals surface area contributed by atoms with E-state index in [1.807, 2.05) is 43.3 Å². The number of aromatic nitrogens is 1. The third-order valence-electron chi connectivity index (χ3n) is 5.39. The smallest absolute Gasteiger partial charge is 0.309 e. The maximum Gasteiger partial charge on any atom is 0.309 e. The quantitative estimate of drug-likeness (QED) is 0.284. The number of esters is 1. The van der Waals surface area contributed by atoms with Gasteiger partial charge in [0.2, 0.25) is 0 Å². The zero-order valence-electron chi connectivity index (χ0n) is 16.6. The number of rotatable bonds is 9. The zero-order chi connectivity index (χ0) is 19.8. The number of hydrogen-bond donors (Lipinski definition) is 0. The molecule has 1 aromatic carbocycles. The molecule has 2 aromatic rings. The van der Waals surface area contributed by atoms with Crippen molar-refractivity contribution >= 4 is 36.4 Å². The molecule has 1 aliphatic rings. The second kappa shape index (κ2) is 11.0. The van der Waals surface area contributed by atoms with Gasteiger partial charge in [-0.3, -0.25) is 4.79 Å². The average Bonchev–Trinajstić information content (AvgIpc) is 2.72. The molecule has 4 nitrogen and oxygen atoms in total. The van der Waals surface area contributed by atoms with Crippen molar-refractivity contribution in [1.29, 1.82) is 0 Å². The van der Waals surface area contributed by atoms with Crippen LogP contribution < -0.4 is 0 Å².